The Balaban J connectivity index is 2.56. The Morgan fingerprint density at radius 1 is 1.22 bits per heavy atom. The average Bonchev–Trinajstić information content (AvgIpc) is 2.35. The Kier molecular flexibility index (Phi) is 5.12. The predicted molar refractivity (Wildman–Crippen MR) is 64.6 cm³/mol. The molecule has 6 heteroatoms. The molecule has 1 atom stereocenters. The maximum atomic E-state index is 11.8. The number of hydrogen-bond acceptors (Lipinski definition) is 4. The van der Waals surface area contributed by atoms with Gasteiger partial charge < -0.3 is 14.5 Å². The second kappa shape index (κ2) is 6.37. The van der Waals surface area contributed by atoms with Crippen LogP contribution in [0.2, 0.25) is 0 Å². The number of carbonyl (C=O) groups is 3. The van der Waals surface area contributed by atoms with Gasteiger partial charge in [-0.15, -0.1) is 0 Å². The van der Waals surface area contributed by atoms with Crippen LogP contribution in [0.4, 0.5) is 0 Å². The first-order valence-corrected chi connectivity index (χ1v) is 6.26. The Hall–Kier alpha value is -1.59. The van der Waals surface area contributed by atoms with Crippen molar-refractivity contribution in [3.8, 4) is 0 Å². The number of amides is 2. The normalized spacial score (nSPS) is 17.9. The van der Waals surface area contributed by atoms with Crippen molar-refractivity contribution in [2.45, 2.75) is 20.8 Å². The topological polar surface area (TPSA) is 66.9 Å². The molecule has 1 saturated heterocycles. The fourth-order valence-corrected chi connectivity index (χ4v) is 1.88. The van der Waals surface area contributed by atoms with Crippen LogP contribution in [0.5, 0.6) is 0 Å². The quantitative estimate of drug-likeness (QED) is 0.508. The van der Waals surface area contributed by atoms with Crippen LogP contribution in [-0.2, 0) is 19.1 Å². The number of likely N-dealkylation sites (N-methyl/N-ethyl adjacent to an activating group) is 1. The van der Waals surface area contributed by atoms with Gasteiger partial charge >= 0.3 is 17.8 Å². The third kappa shape index (κ3) is 3.21. The summed E-state index contributed by atoms with van der Waals surface area (Å²) < 4.78 is 4.88. The van der Waals surface area contributed by atoms with Gasteiger partial charge in [-0.1, -0.05) is 6.92 Å². The first-order chi connectivity index (χ1) is 8.51. The molecular formula is C12H20N2O4. The number of piperazine rings is 1. The summed E-state index contributed by atoms with van der Waals surface area (Å²) in [4.78, 5) is 37.9. The molecule has 0 saturated carbocycles. The molecule has 0 radical (unpaired) electrons. The molecule has 0 bridgehead atoms. The number of rotatable bonds is 5. The first kappa shape index (κ1) is 14.5. The zero-order chi connectivity index (χ0) is 13.7. The molecular weight excluding hydrogens is 236 g/mol. The van der Waals surface area contributed by atoms with Crippen LogP contribution in [0.25, 0.3) is 0 Å². The summed E-state index contributed by atoms with van der Waals surface area (Å²) in [6.07, 6.45) is 0. The molecule has 18 heavy (non-hydrogen) atoms. The van der Waals surface area contributed by atoms with E-state index >= 15 is 0 Å². The van der Waals surface area contributed by atoms with Gasteiger partial charge in [0, 0.05) is 26.2 Å². The highest BCUT2D eigenvalue weighted by atomic mass is 16.5. The third-order valence-corrected chi connectivity index (χ3v) is 2.96. The molecule has 0 aliphatic carbocycles. The summed E-state index contributed by atoms with van der Waals surface area (Å²) in [6.45, 7) is 7.36. The number of carbonyl (C=O) groups excluding carboxylic acids is 3. The van der Waals surface area contributed by atoms with E-state index in [1.54, 1.807) is 13.8 Å². The van der Waals surface area contributed by atoms with Crippen LogP contribution < -0.4 is 0 Å². The van der Waals surface area contributed by atoms with E-state index in [1.165, 1.54) is 9.80 Å². The SMILES string of the molecule is CCOC(=O)C(C)CN1CCN(CC)C(=O)C1=O. The van der Waals surface area contributed by atoms with Gasteiger partial charge in [0.15, 0.2) is 0 Å². The fourth-order valence-electron chi connectivity index (χ4n) is 1.88. The van der Waals surface area contributed by atoms with E-state index in [0.29, 0.717) is 26.2 Å². The van der Waals surface area contributed by atoms with Crippen molar-refractivity contribution >= 4 is 17.8 Å². The van der Waals surface area contributed by atoms with E-state index in [4.69, 9.17) is 4.74 Å². The Bertz CT molecular complexity index is 343. The van der Waals surface area contributed by atoms with Gasteiger partial charge in [0.05, 0.1) is 12.5 Å². The molecule has 0 aromatic carbocycles. The maximum Gasteiger partial charge on any atom is 0.312 e. The highest BCUT2D eigenvalue weighted by Crippen LogP contribution is 2.09. The van der Waals surface area contributed by atoms with Gasteiger partial charge in [0.25, 0.3) is 0 Å². The van der Waals surface area contributed by atoms with E-state index in [-0.39, 0.29) is 12.5 Å². The Labute approximate surface area is 107 Å². The van der Waals surface area contributed by atoms with Crippen molar-refractivity contribution < 1.29 is 19.1 Å². The van der Waals surface area contributed by atoms with E-state index in [9.17, 15) is 14.4 Å². The monoisotopic (exact) mass is 256 g/mol. The van der Waals surface area contributed by atoms with Gasteiger partial charge in [-0.25, -0.2) is 0 Å². The highest BCUT2D eigenvalue weighted by Gasteiger charge is 2.33. The van der Waals surface area contributed by atoms with Crippen molar-refractivity contribution in [1.29, 1.82) is 0 Å². The molecule has 1 rings (SSSR count). The molecule has 2 amide bonds. The lowest BCUT2D eigenvalue weighted by molar-refractivity contribution is -0.158. The standard InChI is InChI=1S/C12H20N2O4/c1-4-13-6-7-14(11(16)10(13)15)8-9(3)12(17)18-5-2/h9H,4-8H2,1-3H3. The lowest BCUT2D eigenvalue weighted by Gasteiger charge is -2.34. The van der Waals surface area contributed by atoms with Crippen molar-refractivity contribution in [3.63, 3.8) is 0 Å². The van der Waals surface area contributed by atoms with Crippen molar-refractivity contribution in [2.24, 2.45) is 5.92 Å². The minimum Gasteiger partial charge on any atom is -0.466 e. The number of nitrogens with zero attached hydrogens (tertiary/aromatic N) is 2. The van der Waals surface area contributed by atoms with E-state index in [1.807, 2.05) is 6.92 Å². The van der Waals surface area contributed by atoms with Crippen LogP contribution >= 0.6 is 0 Å². The lowest BCUT2D eigenvalue weighted by atomic mass is 10.1. The van der Waals surface area contributed by atoms with E-state index < -0.39 is 17.7 Å². The zero-order valence-electron chi connectivity index (χ0n) is 11.1. The summed E-state index contributed by atoms with van der Waals surface area (Å²) >= 11 is 0. The minimum absolute atomic E-state index is 0.237. The Morgan fingerprint density at radius 3 is 2.33 bits per heavy atom. The molecule has 0 aromatic heterocycles. The molecule has 0 N–H and O–H groups in total. The first-order valence-electron chi connectivity index (χ1n) is 6.26. The van der Waals surface area contributed by atoms with Gasteiger partial charge in [0.2, 0.25) is 0 Å². The van der Waals surface area contributed by atoms with Gasteiger partial charge in [0.1, 0.15) is 0 Å². The number of esters is 1. The van der Waals surface area contributed by atoms with Crippen LogP contribution in [0.1, 0.15) is 20.8 Å². The molecule has 0 aromatic rings. The maximum absolute atomic E-state index is 11.8. The molecule has 1 heterocycles. The molecule has 1 aliphatic heterocycles. The molecule has 1 aliphatic rings. The van der Waals surface area contributed by atoms with Crippen molar-refractivity contribution in [2.75, 3.05) is 32.8 Å². The van der Waals surface area contributed by atoms with Crippen LogP contribution in [0.15, 0.2) is 0 Å². The number of hydrogen-bond donors (Lipinski definition) is 0. The third-order valence-electron chi connectivity index (χ3n) is 2.96. The highest BCUT2D eigenvalue weighted by molar-refractivity contribution is 6.35. The van der Waals surface area contributed by atoms with Crippen LogP contribution in [0.3, 0.4) is 0 Å². The molecule has 1 fully saturated rings. The van der Waals surface area contributed by atoms with Gasteiger partial charge in [-0.2, -0.15) is 0 Å². The van der Waals surface area contributed by atoms with E-state index in [2.05, 4.69) is 0 Å². The van der Waals surface area contributed by atoms with E-state index in [0.717, 1.165) is 0 Å². The van der Waals surface area contributed by atoms with Gasteiger partial charge in [-0.3, -0.25) is 14.4 Å². The van der Waals surface area contributed by atoms with Crippen LogP contribution in [-0.4, -0.2) is 60.4 Å². The molecule has 102 valence electrons. The zero-order valence-corrected chi connectivity index (χ0v) is 11.1. The molecule has 0 spiro atoms. The van der Waals surface area contributed by atoms with Crippen molar-refractivity contribution in [3.05, 3.63) is 0 Å². The summed E-state index contributed by atoms with van der Waals surface area (Å²) in [5, 5.41) is 0. The predicted octanol–water partition coefficient (Wildman–Crippen LogP) is -0.124. The lowest BCUT2D eigenvalue weighted by Crippen LogP contribution is -2.55. The summed E-state index contributed by atoms with van der Waals surface area (Å²) in [6, 6.07) is 0. The van der Waals surface area contributed by atoms with Crippen molar-refractivity contribution in [1.82, 2.24) is 9.80 Å². The summed E-state index contributed by atoms with van der Waals surface area (Å²) in [5.74, 6) is -1.76. The summed E-state index contributed by atoms with van der Waals surface area (Å²) in [5.41, 5.74) is 0. The molecule has 1 unspecified atom stereocenters. The Morgan fingerprint density at radius 2 is 1.78 bits per heavy atom. The van der Waals surface area contributed by atoms with Crippen LogP contribution in [0, 0.1) is 5.92 Å². The minimum atomic E-state index is -0.528. The molecule has 6 nitrogen and oxygen atoms in total. The summed E-state index contributed by atoms with van der Waals surface area (Å²) in [7, 11) is 0. The average molecular weight is 256 g/mol. The van der Waals surface area contributed by atoms with Gasteiger partial charge in [-0.05, 0) is 13.8 Å². The smallest absolute Gasteiger partial charge is 0.312 e. The second-order valence-corrected chi connectivity index (χ2v) is 4.29. The number of ether oxygens (including phenoxy) is 1. The fraction of sp³-hybridized carbons (Fsp3) is 0.750. The second-order valence-electron chi connectivity index (χ2n) is 4.29. The largest absolute Gasteiger partial charge is 0.466 e.